The van der Waals surface area contributed by atoms with E-state index in [9.17, 15) is 8.42 Å². The van der Waals surface area contributed by atoms with Gasteiger partial charge in [-0.3, -0.25) is 4.72 Å². The van der Waals surface area contributed by atoms with Crippen LogP contribution in [0.2, 0.25) is 5.02 Å². The van der Waals surface area contributed by atoms with Gasteiger partial charge in [0.2, 0.25) is 0 Å². The highest BCUT2D eigenvalue weighted by Crippen LogP contribution is 2.28. The number of halogens is 1. The van der Waals surface area contributed by atoms with Gasteiger partial charge in [-0.2, -0.15) is 0 Å². The molecule has 1 N–H and O–H groups in total. The number of sulfonamides is 1. The molecule has 0 aliphatic carbocycles. The van der Waals surface area contributed by atoms with Gasteiger partial charge in [-0.05, 0) is 29.8 Å². The molecule has 0 heterocycles. The van der Waals surface area contributed by atoms with E-state index in [0.29, 0.717) is 16.5 Å². The van der Waals surface area contributed by atoms with E-state index in [-0.39, 0.29) is 0 Å². The Kier molecular flexibility index (Phi) is 4.88. The van der Waals surface area contributed by atoms with Crippen LogP contribution in [0.1, 0.15) is 5.56 Å². The van der Waals surface area contributed by atoms with Gasteiger partial charge in [0.25, 0.3) is 10.0 Å². The first-order valence-electron chi connectivity index (χ1n) is 6.10. The van der Waals surface area contributed by atoms with Crippen LogP contribution in [0.5, 0.6) is 5.75 Å². The predicted molar refractivity (Wildman–Crippen MR) is 86.0 cm³/mol. The van der Waals surface area contributed by atoms with Crippen molar-refractivity contribution in [3.05, 3.63) is 64.5 Å². The van der Waals surface area contributed by atoms with Crippen LogP contribution >= 0.6 is 11.6 Å². The highest BCUT2D eigenvalue weighted by atomic mass is 35.5. The summed E-state index contributed by atoms with van der Waals surface area (Å²) in [4.78, 5) is 0. The van der Waals surface area contributed by atoms with E-state index in [4.69, 9.17) is 16.3 Å². The second-order valence-corrected chi connectivity index (χ2v) is 6.21. The number of hydrogen-bond donors (Lipinski definition) is 1. The molecule has 0 saturated carbocycles. The van der Waals surface area contributed by atoms with Gasteiger partial charge in [-0.1, -0.05) is 41.9 Å². The number of rotatable bonds is 5. The number of ether oxygens (including phenoxy) is 1. The average molecular weight is 324 g/mol. The molecule has 0 saturated heterocycles. The van der Waals surface area contributed by atoms with Crippen LogP contribution in [0.25, 0.3) is 6.08 Å². The van der Waals surface area contributed by atoms with Crippen molar-refractivity contribution in [1.82, 2.24) is 0 Å². The van der Waals surface area contributed by atoms with E-state index in [1.54, 1.807) is 12.1 Å². The number of hydrogen-bond acceptors (Lipinski definition) is 3. The van der Waals surface area contributed by atoms with Crippen LogP contribution in [-0.4, -0.2) is 15.5 Å². The topological polar surface area (TPSA) is 55.4 Å². The third-order valence-electron chi connectivity index (χ3n) is 2.65. The smallest absolute Gasteiger partial charge is 0.255 e. The fourth-order valence-corrected chi connectivity index (χ4v) is 2.72. The molecular formula is C15H14ClNO3S. The van der Waals surface area contributed by atoms with E-state index < -0.39 is 10.0 Å². The minimum absolute atomic E-state index is 0.294. The molecule has 0 aromatic heterocycles. The number of benzene rings is 2. The molecular weight excluding hydrogens is 310 g/mol. The first kappa shape index (κ1) is 15.4. The standard InChI is InChI=1S/C15H14ClNO3S/c1-20-15-8-7-13(16)11-14(15)17-21(18,19)10-9-12-5-3-2-4-6-12/h2-11,17H,1H3/b10-9+. The Morgan fingerprint density at radius 2 is 1.86 bits per heavy atom. The monoisotopic (exact) mass is 323 g/mol. The Hall–Kier alpha value is -1.98. The zero-order valence-electron chi connectivity index (χ0n) is 11.3. The molecule has 0 aliphatic rings. The van der Waals surface area contributed by atoms with Gasteiger partial charge in [-0.25, -0.2) is 8.42 Å². The summed E-state index contributed by atoms with van der Waals surface area (Å²) in [5.74, 6) is 0.399. The van der Waals surface area contributed by atoms with Crippen molar-refractivity contribution in [3.8, 4) is 5.75 Å². The van der Waals surface area contributed by atoms with E-state index in [2.05, 4.69) is 4.72 Å². The summed E-state index contributed by atoms with van der Waals surface area (Å²) in [6.07, 6.45) is 1.51. The molecule has 21 heavy (non-hydrogen) atoms. The molecule has 4 nitrogen and oxygen atoms in total. The minimum Gasteiger partial charge on any atom is -0.495 e. The molecule has 2 aromatic rings. The van der Waals surface area contributed by atoms with Crippen molar-refractivity contribution in [3.63, 3.8) is 0 Å². The van der Waals surface area contributed by atoms with Crippen molar-refractivity contribution >= 4 is 33.4 Å². The van der Waals surface area contributed by atoms with Crippen LogP contribution < -0.4 is 9.46 Å². The maximum Gasteiger partial charge on any atom is 0.255 e. The summed E-state index contributed by atoms with van der Waals surface area (Å²) in [5, 5.41) is 1.52. The maximum atomic E-state index is 12.1. The highest BCUT2D eigenvalue weighted by molar-refractivity contribution is 7.95. The molecule has 0 bridgehead atoms. The number of nitrogens with one attached hydrogen (secondary N) is 1. The van der Waals surface area contributed by atoms with Crippen molar-refractivity contribution in [2.24, 2.45) is 0 Å². The molecule has 0 unspecified atom stereocenters. The molecule has 0 radical (unpaired) electrons. The van der Waals surface area contributed by atoms with E-state index in [1.807, 2.05) is 30.3 Å². The first-order chi connectivity index (χ1) is 10.00. The Bertz CT molecular complexity index is 743. The average Bonchev–Trinajstić information content (AvgIpc) is 2.46. The lowest BCUT2D eigenvalue weighted by atomic mass is 10.2. The van der Waals surface area contributed by atoms with Gasteiger partial charge in [0, 0.05) is 5.02 Å². The highest BCUT2D eigenvalue weighted by Gasteiger charge is 2.10. The summed E-state index contributed by atoms with van der Waals surface area (Å²) in [6, 6.07) is 13.9. The maximum absolute atomic E-state index is 12.1. The molecule has 0 atom stereocenters. The second kappa shape index (κ2) is 6.65. The van der Waals surface area contributed by atoms with Gasteiger partial charge in [0.15, 0.2) is 0 Å². The number of methoxy groups -OCH3 is 1. The minimum atomic E-state index is -3.65. The summed E-state index contributed by atoms with van der Waals surface area (Å²) >= 11 is 5.87. The number of anilines is 1. The van der Waals surface area contributed by atoms with Gasteiger partial charge in [0.1, 0.15) is 5.75 Å². The van der Waals surface area contributed by atoms with Crippen molar-refractivity contribution in [1.29, 1.82) is 0 Å². The molecule has 2 rings (SSSR count). The van der Waals surface area contributed by atoms with Crippen LogP contribution in [0.4, 0.5) is 5.69 Å². The normalized spacial score (nSPS) is 11.5. The summed E-state index contributed by atoms with van der Waals surface area (Å²) in [7, 11) is -2.19. The lowest BCUT2D eigenvalue weighted by molar-refractivity contribution is 0.417. The van der Waals surface area contributed by atoms with Gasteiger partial charge in [0.05, 0.1) is 18.2 Å². The van der Waals surface area contributed by atoms with Gasteiger partial charge < -0.3 is 4.74 Å². The SMILES string of the molecule is COc1ccc(Cl)cc1NS(=O)(=O)/C=C/c1ccccc1. The van der Waals surface area contributed by atoms with Crippen LogP contribution in [0, 0.1) is 0 Å². The van der Waals surface area contributed by atoms with Gasteiger partial charge >= 0.3 is 0 Å². The molecule has 0 spiro atoms. The lowest BCUT2D eigenvalue weighted by Gasteiger charge is -2.10. The Balaban J connectivity index is 2.22. The third-order valence-corrected chi connectivity index (χ3v) is 3.89. The van der Waals surface area contributed by atoms with Crippen LogP contribution in [0.3, 0.4) is 0 Å². The second-order valence-electron chi connectivity index (χ2n) is 4.21. The van der Waals surface area contributed by atoms with Crippen molar-refractivity contribution < 1.29 is 13.2 Å². The Morgan fingerprint density at radius 1 is 1.14 bits per heavy atom. The Morgan fingerprint density at radius 3 is 2.52 bits per heavy atom. The summed E-state index contributed by atoms with van der Waals surface area (Å²) in [6.45, 7) is 0. The Labute approximate surface area is 129 Å². The molecule has 0 amide bonds. The van der Waals surface area contributed by atoms with Crippen molar-refractivity contribution in [2.75, 3.05) is 11.8 Å². The quantitative estimate of drug-likeness (QED) is 0.911. The fraction of sp³-hybridized carbons (Fsp3) is 0.0667. The molecule has 0 fully saturated rings. The van der Waals surface area contributed by atoms with E-state index >= 15 is 0 Å². The zero-order chi connectivity index (χ0) is 15.3. The lowest BCUT2D eigenvalue weighted by Crippen LogP contribution is -2.09. The van der Waals surface area contributed by atoms with Crippen LogP contribution in [0.15, 0.2) is 53.9 Å². The molecule has 0 aliphatic heterocycles. The summed E-state index contributed by atoms with van der Waals surface area (Å²) in [5.41, 5.74) is 1.09. The largest absolute Gasteiger partial charge is 0.495 e. The van der Waals surface area contributed by atoms with E-state index in [1.165, 1.54) is 19.3 Å². The van der Waals surface area contributed by atoms with Gasteiger partial charge in [-0.15, -0.1) is 0 Å². The van der Waals surface area contributed by atoms with Crippen molar-refractivity contribution in [2.45, 2.75) is 0 Å². The zero-order valence-corrected chi connectivity index (χ0v) is 12.9. The molecule has 110 valence electrons. The van der Waals surface area contributed by atoms with E-state index in [0.717, 1.165) is 11.0 Å². The predicted octanol–water partition coefficient (Wildman–Crippen LogP) is 3.76. The summed E-state index contributed by atoms with van der Waals surface area (Å²) < 4.78 is 31.6. The fourth-order valence-electron chi connectivity index (χ4n) is 1.68. The van der Waals surface area contributed by atoms with Crippen LogP contribution in [-0.2, 0) is 10.0 Å². The molecule has 2 aromatic carbocycles. The third kappa shape index (κ3) is 4.51. The first-order valence-corrected chi connectivity index (χ1v) is 8.02. The molecule has 6 heteroatoms.